The van der Waals surface area contributed by atoms with E-state index in [1.54, 1.807) is 24.3 Å². The summed E-state index contributed by atoms with van der Waals surface area (Å²) >= 11 is 0. The van der Waals surface area contributed by atoms with E-state index in [1.165, 1.54) is 33.5 Å². The molecular formula is C21H25N3O8. The Hall–Kier alpha value is -4.28. The van der Waals surface area contributed by atoms with Crippen molar-refractivity contribution < 1.29 is 38.8 Å². The molecule has 2 aromatic rings. The molecule has 172 valence electrons. The van der Waals surface area contributed by atoms with Crippen molar-refractivity contribution in [3.05, 3.63) is 53.1 Å². The topological polar surface area (TPSA) is 181 Å². The zero-order valence-electron chi connectivity index (χ0n) is 18.0. The van der Waals surface area contributed by atoms with Gasteiger partial charge in [-0.05, 0) is 42.0 Å². The number of hydrogen-bond donors (Lipinski definition) is 5. The molecule has 0 aromatic heterocycles. The number of benzene rings is 2. The normalized spacial score (nSPS) is 10.6. The molecule has 0 fully saturated rings. The molecule has 11 nitrogen and oxygen atoms in total. The number of methoxy groups -OCH3 is 3. The number of anilines is 1. The molecule has 0 aliphatic carbocycles. The van der Waals surface area contributed by atoms with E-state index >= 15 is 0 Å². The second-order valence-electron chi connectivity index (χ2n) is 6.22. The van der Waals surface area contributed by atoms with Gasteiger partial charge in [-0.2, -0.15) is 0 Å². The third kappa shape index (κ3) is 6.90. The van der Waals surface area contributed by atoms with Crippen molar-refractivity contribution in [2.75, 3.05) is 26.6 Å². The lowest BCUT2D eigenvalue weighted by Gasteiger charge is -2.20. The van der Waals surface area contributed by atoms with E-state index in [4.69, 9.17) is 35.3 Å². The predicted molar refractivity (Wildman–Crippen MR) is 116 cm³/mol. The Labute approximate surface area is 184 Å². The minimum Gasteiger partial charge on any atom is -0.493 e. The van der Waals surface area contributed by atoms with Gasteiger partial charge in [-0.15, -0.1) is 0 Å². The molecule has 0 saturated carbocycles. The van der Waals surface area contributed by atoms with E-state index < -0.39 is 23.9 Å². The number of nitrogens with one attached hydrogen (secondary N) is 2. The number of carboxylic acids is 2. The van der Waals surface area contributed by atoms with Crippen LogP contribution in [0.15, 0.2) is 36.4 Å². The number of carboxylic acid groups (broad SMARTS) is 2. The molecule has 1 unspecified atom stereocenters. The van der Waals surface area contributed by atoms with Crippen molar-refractivity contribution in [2.24, 2.45) is 5.73 Å². The van der Waals surface area contributed by atoms with E-state index in [1.807, 2.05) is 0 Å². The molecule has 0 aliphatic heterocycles. The standard InChI is InChI=1S/C19H21N3O6.C2H4O2/c1-26-14-9-11(8-13(18(23)24)16(14)27-2)15(19(25)28-3)22-12-6-4-10(5-7-12)17(20)21;1-2(3)4/h4-9,15,22H,1-3H3,(H3,20,21)(H,23,24);1H3,(H,3,4). The van der Waals surface area contributed by atoms with Crippen LogP contribution in [0.25, 0.3) is 0 Å². The highest BCUT2D eigenvalue weighted by molar-refractivity contribution is 5.95. The lowest BCUT2D eigenvalue weighted by Crippen LogP contribution is -2.23. The van der Waals surface area contributed by atoms with Crippen molar-refractivity contribution in [1.29, 1.82) is 5.41 Å². The van der Waals surface area contributed by atoms with Gasteiger partial charge in [0.05, 0.1) is 21.3 Å². The average Bonchev–Trinajstić information content (AvgIpc) is 2.75. The van der Waals surface area contributed by atoms with Crippen molar-refractivity contribution >= 4 is 29.4 Å². The smallest absolute Gasteiger partial charge is 0.339 e. The molecule has 6 N–H and O–H groups in total. The van der Waals surface area contributed by atoms with Crippen molar-refractivity contribution in [1.82, 2.24) is 0 Å². The van der Waals surface area contributed by atoms with Crippen LogP contribution < -0.4 is 20.5 Å². The number of hydrogen-bond acceptors (Lipinski definition) is 8. The third-order valence-corrected chi connectivity index (χ3v) is 4.01. The average molecular weight is 447 g/mol. The first-order chi connectivity index (χ1) is 15.0. The highest BCUT2D eigenvalue weighted by Gasteiger charge is 2.26. The van der Waals surface area contributed by atoms with Crippen LogP contribution in [-0.2, 0) is 14.3 Å². The second-order valence-corrected chi connectivity index (χ2v) is 6.22. The Morgan fingerprint density at radius 2 is 1.59 bits per heavy atom. The predicted octanol–water partition coefficient (Wildman–Crippen LogP) is 2.10. The van der Waals surface area contributed by atoms with Gasteiger partial charge < -0.3 is 35.5 Å². The summed E-state index contributed by atoms with van der Waals surface area (Å²) in [5.74, 6) is -2.55. The first kappa shape index (κ1) is 25.8. The van der Waals surface area contributed by atoms with E-state index in [9.17, 15) is 14.7 Å². The second kappa shape index (κ2) is 11.8. The van der Waals surface area contributed by atoms with Gasteiger partial charge in [0.25, 0.3) is 5.97 Å². The van der Waals surface area contributed by atoms with Gasteiger partial charge >= 0.3 is 11.9 Å². The molecule has 0 radical (unpaired) electrons. The number of ether oxygens (including phenoxy) is 3. The number of aliphatic carboxylic acids is 1. The SMILES string of the molecule is CC(=O)O.COC(=O)C(Nc1ccc(C(=N)N)cc1)c1cc(OC)c(OC)c(C(=O)O)c1. The summed E-state index contributed by atoms with van der Waals surface area (Å²) in [6.45, 7) is 1.08. The summed E-state index contributed by atoms with van der Waals surface area (Å²) in [4.78, 5) is 33.0. The van der Waals surface area contributed by atoms with Crippen molar-refractivity contribution in [2.45, 2.75) is 13.0 Å². The fourth-order valence-corrected chi connectivity index (χ4v) is 2.62. The van der Waals surface area contributed by atoms with Gasteiger partial charge in [0.1, 0.15) is 11.4 Å². The highest BCUT2D eigenvalue weighted by atomic mass is 16.5. The van der Waals surface area contributed by atoms with Crippen LogP contribution in [0.4, 0.5) is 5.69 Å². The minimum atomic E-state index is -1.23. The Morgan fingerprint density at radius 3 is 2.00 bits per heavy atom. The van der Waals surface area contributed by atoms with Crippen LogP contribution in [0.5, 0.6) is 11.5 Å². The number of esters is 1. The van der Waals surface area contributed by atoms with Crippen LogP contribution >= 0.6 is 0 Å². The molecule has 1 atom stereocenters. The number of nitrogens with two attached hydrogens (primary N) is 1. The van der Waals surface area contributed by atoms with Crippen LogP contribution in [0, 0.1) is 5.41 Å². The summed E-state index contributed by atoms with van der Waals surface area (Å²) in [5, 5.41) is 27.3. The lowest BCUT2D eigenvalue weighted by atomic mass is 10.0. The quantitative estimate of drug-likeness (QED) is 0.228. The lowest BCUT2D eigenvalue weighted by molar-refractivity contribution is -0.141. The van der Waals surface area contributed by atoms with Crippen molar-refractivity contribution in [3.63, 3.8) is 0 Å². The van der Waals surface area contributed by atoms with Gasteiger partial charge in [-0.25, -0.2) is 9.59 Å². The zero-order valence-corrected chi connectivity index (χ0v) is 18.0. The molecule has 0 saturated heterocycles. The summed E-state index contributed by atoms with van der Waals surface area (Å²) in [6, 6.07) is 8.35. The first-order valence-electron chi connectivity index (χ1n) is 9.03. The minimum absolute atomic E-state index is 0.0492. The third-order valence-electron chi connectivity index (χ3n) is 4.01. The number of aromatic carboxylic acids is 1. The number of rotatable bonds is 8. The maximum absolute atomic E-state index is 12.4. The van der Waals surface area contributed by atoms with Gasteiger partial charge in [-0.1, -0.05) is 0 Å². The fraction of sp³-hybridized carbons (Fsp3) is 0.238. The molecule has 0 bridgehead atoms. The van der Waals surface area contributed by atoms with E-state index in [2.05, 4.69) is 5.32 Å². The largest absolute Gasteiger partial charge is 0.493 e. The Morgan fingerprint density at radius 1 is 1.03 bits per heavy atom. The monoisotopic (exact) mass is 447 g/mol. The van der Waals surface area contributed by atoms with Crippen LogP contribution in [0.3, 0.4) is 0 Å². The van der Waals surface area contributed by atoms with Crippen LogP contribution in [-0.4, -0.2) is 55.3 Å². The molecule has 2 aromatic carbocycles. The molecule has 32 heavy (non-hydrogen) atoms. The Bertz CT molecular complexity index is 985. The maximum atomic E-state index is 12.4. The number of nitrogen functional groups attached to an aromatic ring is 1. The summed E-state index contributed by atoms with van der Waals surface area (Å²) in [5.41, 5.74) is 6.68. The van der Waals surface area contributed by atoms with E-state index in [0.717, 1.165) is 6.92 Å². The highest BCUT2D eigenvalue weighted by Crippen LogP contribution is 2.35. The summed E-state index contributed by atoms with van der Waals surface area (Å²) in [7, 11) is 3.93. The summed E-state index contributed by atoms with van der Waals surface area (Å²) in [6.07, 6.45) is 0. The van der Waals surface area contributed by atoms with Gasteiger partial charge in [-0.3, -0.25) is 10.2 Å². The van der Waals surface area contributed by atoms with E-state index in [-0.39, 0.29) is 22.9 Å². The van der Waals surface area contributed by atoms with Crippen LogP contribution in [0.1, 0.15) is 34.5 Å². The maximum Gasteiger partial charge on any atom is 0.339 e. The van der Waals surface area contributed by atoms with E-state index in [0.29, 0.717) is 16.8 Å². The number of carbonyl (C=O) groups excluding carboxylic acids is 1. The zero-order chi connectivity index (χ0) is 24.4. The fourth-order valence-electron chi connectivity index (χ4n) is 2.62. The van der Waals surface area contributed by atoms with Crippen molar-refractivity contribution in [3.8, 4) is 11.5 Å². The molecule has 0 heterocycles. The molecule has 2 rings (SSSR count). The molecule has 0 amide bonds. The van der Waals surface area contributed by atoms with Gasteiger partial charge in [0, 0.05) is 18.2 Å². The summed E-state index contributed by atoms with van der Waals surface area (Å²) < 4.78 is 15.2. The number of carbonyl (C=O) groups is 3. The first-order valence-corrected chi connectivity index (χ1v) is 9.03. The molecule has 0 spiro atoms. The van der Waals surface area contributed by atoms with Gasteiger partial charge in [0.15, 0.2) is 17.5 Å². The Kier molecular flexibility index (Phi) is 9.49. The molecule has 11 heteroatoms. The molecule has 0 aliphatic rings. The number of amidine groups is 1. The van der Waals surface area contributed by atoms with Crippen LogP contribution in [0.2, 0.25) is 0 Å². The Balaban J connectivity index is 0.00000118. The van der Waals surface area contributed by atoms with Gasteiger partial charge in [0.2, 0.25) is 0 Å². The molecular weight excluding hydrogens is 422 g/mol.